The first-order valence-corrected chi connectivity index (χ1v) is 4.64. The maximum absolute atomic E-state index is 3.22. The standard InChI is InChI=1S/C14H8/c1-2-6-12-10-14-8-4-3-7-13(14)9-11(12)5-1/h1-5,7,9-10H/q-2. The summed E-state index contributed by atoms with van der Waals surface area (Å²) in [4.78, 5) is 0. The molecule has 0 bridgehead atoms. The molecule has 3 aromatic rings. The fourth-order valence-corrected chi connectivity index (χ4v) is 1.74. The van der Waals surface area contributed by atoms with Crippen LogP contribution in [0.25, 0.3) is 21.5 Å². The van der Waals surface area contributed by atoms with Gasteiger partial charge in [-0.25, -0.2) is 0 Å². The molecule has 0 amide bonds. The fourth-order valence-electron chi connectivity index (χ4n) is 1.74. The predicted octanol–water partition coefficient (Wildman–Crippen LogP) is 3.59. The van der Waals surface area contributed by atoms with Crippen molar-refractivity contribution >= 4 is 21.5 Å². The minimum absolute atomic E-state index is 1.16. The summed E-state index contributed by atoms with van der Waals surface area (Å²) in [5.41, 5.74) is 0. The second kappa shape index (κ2) is 2.85. The molecule has 0 fully saturated rings. The van der Waals surface area contributed by atoms with Gasteiger partial charge in [0.2, 0.25) is 0 Å². The molecular weight excluding hydrogens is 168 g/mol. The molecule has 3 rings (SSSR count). The van der Waals surface area contributed by atoms with Crippen molar-refractivity contribution in [2.45, 2.75) is 0 Å². The van der Waals surface area contributed by atoms with Gasteiger partial charge in [-0.15, -0.1) is 82.2 Å². The Bertz CT molecular complexity index is 489. The first-order valence-electron chi connectivity index (χ1n) is 4.64. The highest BCUT2D eigenvalue weighted by atomic mass is 14.0. The van der Waals surface area contributed by atoms with Crippen LogP contribution in [-0.2, 0) is 0 Å². The number of fused-ring (bicyclic) bond motifs is 2. The van der Waals surface area contributed by atoms with Crippen molar-refractivity contribution < 1.29 is 0 Å². The first-order chi connectivity index (χ1) is 6.93. The van der Waals surface area contributed by atoms with E-state index < -0.39 is 0 Å². The minimum atomic E-state index is 1.16. The van der Waals surface area contributed by atoms with Crippen molar-refractivity contribution in [3.8, 4) is 0 Å². The van der Waals surface area contributed by atoms with Crippen LogP contribution in [0.1, 0.15) is 0 Å². The van der Waals surface area contributed by atoms with Crippen molar-refractivity contribution in [3.05, 3.63) is 60.7 Å². The van der Waals surface area contributed by atoms with Gasteiger partial charge in [0, 0.05) is 0 Å². The molecule has 0 heteroatoms. The third kappa shape index (κ3) is 1.08. The Morgan fingerprint density at radius 3 is 1.86 bits per heavy atom. The lowest BCUT2D eigenvalue weighted by Gasteiger charge is -2.11. The van der Waals surface area contributed by atoms with Gasteiger partial charge in [0.15, 0.2) is 0 Å². The summed E-state index contributed by atoms with van der Waals surface area (Å²) in [6.07, 6.45) is 0. The van der Waals surface area contributed by atoms with E-state index in [1.54, 1.807) is 0 Å². The molecule has 0 saturated carbocycles. The molecule has 0 spiro atoms. The molecule has 0 aliphatic heterocycles. The number of hydrogen-bond donors (Lipinski definition) is 0. The van der Waals surface area contributed by atoms with Crippen molar-refractivity contribution in [2.24, 2.45) is 0 Å². The first kappa shape index (κ1) is 7.57. The van der Waals surface area contributed by atoms with Crippen LogP contribution < -0.4 is 0 Å². The molecule has 0 radical (unpaired) electrons. The normalized spacial score (nSPS) is 10.9. The average molecular weight is 176 g/mol. The van der Waals surface area contributed by atoms with Crippen molar-refractivity contribution in [2.75, 3.05) is 0 Å². The SMILES string of the molecule is [c-]1cccc2cc3ccc[c-]c3cc12. The molecule has 0 saturated heterocycles. The lowest BCUT2D eigenvalue weighted by molar-refractivity contribution is 1.75. The lowest BCUT2D eigenvalue weighted by atomic mass is 10.0. The monoisotopic (exact) mass is 176 g/mol. The van der Waals surface area contributed by atoms with Crippen LogP contribution in [0.4, 0.5) is 0 Å². The highest BCUT2D eigenvalue weighted by Crippen LogP contribution is 2.21. The molecule has 0 nitrogen and oxygen atoms in total. The third-order valence-corrected chi connectivity index (χ3v) is 2.44. The molecule has 3 aromatic carbocycles. The van der Waals surface area contributed by atoms with Gasteiger partial charge in [0.05, 0.1) is 0 Å². The zero-order valence-corrected chi connectivity index (χ0v) is 7.62. The second-order valence-electron chi connectivity index (χ2n) is 3.37. The van der Waals surface area contributed by atoms with Gasteiger partial charge in [0.25, 0.3) is 0 Å². The zero-order chi connectivity index (χ0) is 9.38. The Labute approximate surface area is 82.8 Å². The number of rotatable bonds is 0. The van der Waals surface area contributed by atoms with Crippen molar-refractivity contribution in [3.63, 3.8) is 0 Å². The maximum atomic E-state index is 3.22. The van der Waals surface area contributed by atoms with Crippen LogP contribution in [0, 0.1) is 12.1 Å². The Morgan fingerprint density at radius 2 is 1.29 bits per heavy atom. The molecule has 0 N–H and O–H groups in total. The summed E-state index contributed by atoms with van der Waals surface area (Å²) in [7, 11) is 0. The zero-order valence-electron chi connectivity index (χ0n) is 7.62. The Kier molecular flexibility index (Phi) is 1.54. The van der Waals surface area contributed by atoms with E-state index in [2.05, 4.69) is 36.4 Å². The van der Waals surface area contributed by atoms with Gasteiger partial charge in [-0.3, -0.25) is 0 Å². The molecule has 0 aliphatic carbocycles. The summed E-state index contributed by atoms with van der Waals surface area (Å²) in [6.45, 7) is 0. The van der Waals surface area contributed by atoms with Crippen LogP contribution >= 0.6 is 0 Å². The van der Waals surface area contributed by atoms with E-state index in [1.807, 2.05) is 24.3 Å². The van der Waals surface area contributed by atoms with Gasteiger partial charge in [-0.1, -0.05) is 0 Å². The molecule has 14 heavy (non-hydrogen) atoms. The Balaban J connectivity index is 2.52. The van der Waals surface area contributed by atoms with E-state index in [0.717, 1.165) is 10.8 Å². The van der Waals surface area contributed by atoms with Gasteiger partial charge < -0.3 is 0 Å². The minimum Gasteiger partial charge on any atom is -0.147 e. The molecule has 0 unspecified atom stereocenters. The van der Waals surface area contributed by atoms with Gasteiger partial charge in [-0.05, 0) is 0 Å². The summed E-state index contributed by atoms with van der Waals surface area (Å²) < 4.78 is 0. The van der Waals surface area contributed by atoms with Gasteiger partial charge in [0.1, 0.15) is 0 Å². The van der Waals surface area contributed by atoms with Gasteiger partial charge >= 0.3 is 0 Å². The summed E-state index contributed by atoms with van der Waals surface area (Å²) >= 11 is 0. The van der Waals surface area contributed by atoms with Gasteiger partial charge in [-0.2, -0.15) is 0 Å². The lowest BCUT2D eigenvalue weighted by Crippen LogP contribution is -1.75. The topological polar surface area (TPSA) is 0 Å². The summed E-state index contributed by atoms with van der Waals surface area (Å²) in [6, 6.07) is 22.9. The average Bonchev–Trinajstić information content (AvgIpc) is 2.26. The van der Waals surface area contributed by atoms with E-state index in [1.165, 1.54) is 10.8 Å². The quantitative estimate of drug-likeness (QED) is 0.362. The highest BCUT2D eigenvalue weighted by Gasteiger charge is 1.84. The van der Waals surface area contributed by atoms with E-state index in [9.17, 15) is 0 Å². The predicted molar refractivity (Wildman–Crippen MR) is 59.1 cm³/mol. The molecule has 66 valence electrons. The van der Waals surface area contributed by atoms with Crippen LogP contribution in [0.15, 0.2) is 48.5 Å². The van der Waals surface area contributed by atoms with Crippen LogP contribution in [0.5, 0.6) is 0 Å². The molecule has 0 atom stereocenters. The largest absolute Gasteiger partial charge is 0.147 e. The van der Waals surface area contributed by atoms with Crippen LogP contribution in [0.3, 0.4) is 0 Å². The van der Waals surface area contributed by atoms with E-state index in [-0.39, 0.29) is 0 Å². The second-order valence-corrected chi connectivity index (χ2v) is 3.37. The van der Waals surface area contributed by atoms with E-state index in [4.69, 9.17) is 0 Å². The fraction of sp³-hybridized carbons (Fsp3) is 0. The van der Waals surface area contributed by atoms with E-state index >= 15 is 0 Å². The Morgan fingerprint density at radius 1 is 0.714 bits per heavy atom. The number of hydrogen-bond acceptors (Lipinski definition) is 0. The third-order valence-electron chi connectivity index (χ3n) is 2.44. The highest BCUT2D eigenvalue weighted by molar-refractivity contribution is 5.97. The van der Waals surface area contributed by atoms with Crippen LogP contribution in [0.2, 0.25) is 0 Å². The molecule has 0 aliphatic rings. The maximum Gasteiger partial charge on any atom is -0.117 e. The molecule has 0 heterocycles. The Hall–Kier alpha value is -1.82. The summed E-state index contributed by atoms with van der Waals surface area (Å²) in [5.74, 6) is 0. The van der Waals surface area contributed by atoms with Crippen LogP contribution in [-0.4, -0.2) is 0 Å². The number of benzene rings is 3. The molecule has 0 aromatic heterocycles. The van der Waals surface area contributed by atoms with E-state index in [0.29, 0.717) is 0 Å². The van der Waals surface area contributed by atoms with Crippen molar-refractivity contribution in [1.82, 2.24) is 0 Å². The van der Waals surface area contributed by atoms with Crippen molar-refractivity contribution in [1.29, 1.82) is 0 Å². The smallest absolute Gasteiger partial charge is 0.117 e. The molecular formula is C14H8-2. The summed E-state index contributed by atoms with van der Waals surface area (Å²) in [5, 5.41) is 4.78.